The number of anilines is 1. The highest BCUT2D eigenvalue weighted by atomic mass is 32.2. The van der Waals surface area contributed by atoms with Gasteiger partial charge in [-0.05, 0) is 62.4 Å². The van der Waals surface area contributed by atoms with Crippen molar-refractivity contribution in [3.63, 3.8) is 0 Å². The van der Waals surface area contributed by atoms with Crippen LogP contribution in [-0.2, 0) is 10.0 Å². The third-order valence-corrected chi connectivity index (χ3v) is 4.59. The molecule has 2 N–H and O–H groups in total. The summed E-state index contributed by atoms with van der Waals surface area (Å²) in [7, 11) is -2.18. The van der Waals surface area contributed by atoms with Gasteiger partial charge in [0.1, 0.15) is 5.75 Å². The van der Waals surface area contributed by atoms with E-state index in [1.807, 2.05) is 13.8 Å². The molecule has 0 aromatic heterocycles. The molecule has 0 heterocycles. The molecular formula is C17H20N2O4S. The highest BCUT2D eigenvalue weighted by Crippen LogP contribution is 2.19. The number of ether oxygens (including phenoxy) is 1. The van der Waals surface area contributed by atoms with Crippen LogP contribution in [0.2, 0.25) is 0 Å². The third kappa shape index (κ3) is 4.48. The van der Waals surface area contributed by atoms with Gasteiger partial charge in [-0.3, -0.25) is 9.52 Å². The van der Waals surface area contributed by atoms with E-state index in [9.17, 15) is 13.2 Å². The zero-order chi connectivity index (χ0) is 17.7. The molecule has 0 saturated heterocycles. The van der Waals surface area contributed by atoms with Crippen LogP contribution < -0.4 is 14.8 Å². The van der Waals surface area contributed by atoms with Crippen LogP contribution in [0.3, 0.4) is 0 Å². The summed E-state index contributed by atoms with van der Waals surface area (Å²) in [6.07, 6.45) is 0. The molecule has 24 heavy (non-hydrogen) atoms. The summed E-state index contributed by atoms with van der Waals surface area (Å²) in [6.45, 7) is 3.71. The van der Waals surface area contributed by atoms with Gasteiger partial charge in [0.25, 0.3) is 15.9 Å². The number of carbonyl (C=O) groups is 1. The van der Waals surface area contributed by atoms with Crippen LogP contribution in [0.4, 0.5) is 5.69 Å². The first kappa shape index (κ1) is 17.8. The Morgan fingerprint density at radius 1 is 1.00 bits per heavy atom. The fourth-order valence-electron chi connectivity index (χ4n) is 2.00. The van der Waals surface area contributed by atoms with Crippen LogP contribution in [0, 0.1) is 0 Å². The molecule has 0 aliphatic heterocycles. The van der Waals surface area contributed by atoms with E-state index in [1.54, 1.807) is 24.3 Å². The molecule has 128 valence electrons. The Morgan fingerprint density at radius 2 is 1.58 bits per heavy atom. The monoisotopic (exact) mass is 348 g/mol. The van der Waals surface area contributed by atoms with Crippen molar-refractivity contribution in [2.24, 2.45) is 0 Å². The summed E-state index contributed by atoms with van der Waals surface area (Å²) in [5.74, 6) is 0.399. The van der Waals surface area contributed by atoms with E-state index in [1.165, 1.54) is 31.4 Å². The third-order valence-electron chi connectivity index (χ3n) is 3.19. The molecule has 6 nitrogen and oxygen atoms in total. The Hall–Kier alpha value is -2.54. The van der Waals surface area contributed by atoms with Gasteiger partial charge in [-0.2, -0.15) is 0 Å². The maximum absolute atomic E-state index is 12.4. The Bertz CT molecular complexity index is 797. The molecule has 0 unspecified atom stereocenters. The van der Waals surface area contributed by atoms with Crippen molar-refractivity contribution in [1.82, 2.24) is 5.32 Å². The van der Waals surface area contributed by atoms with Crippen molar-refractivity contribution in [1.29, 1.82) is 0 Å². The quantitative estimate of drug-likeness (QED) is 0.840. The van der Waals surface area contributed by atoms with Crippen LogP contribution in [0.5, 0.6) is 5.75 Å². The fourth-order valence-corrected chi connectivity index (χ4v) is 3.06. The SMILES string of the molecule is COc1ccc(NS(=O)(=O)c2ccc(C(=O)NC(C)C)cc2)cc1. The highest BCUT2D eigenvalue weighted by Gasteiger charge is 2.15. The highest BCUT2D eigenvalue weighted by molar-refractivity contribution is 7.92. The van der Waals surface area contributed by atoms with E-state index in [2.05, 4.69) is 10.0 Å². The van der Waals surface area contributed by atoms with Gasteiger partial charge >= 0.3 is 0 Å². The molecular weight excluding hydrogens is 328 g/mol. The lowest BCUT2D eigenvalue weighted by molar-refractivity contribution is 0.0943. The van der Waals surface area contributed by atoms with Gasteiger partial charge in [0.2, 0.25) is 0 Å². The van der Waals surface area contributed by atoms with Gasteiger partial charge < -0.3 is 10.1 Å². The summed E-state index contributed by atoms with van der Waals surface area (Å²) in [6, 6.07) is 12.3. The molecule has 0 radical (unpaired) electrons. The molecule has 0 spiro atoms. The lowest BCUT2D eigenvalue weighted by Crippen LogP contribution is -2.30. The second-order valence-electron chi connectivity index (χ2n) is 5.49. The van der Waals surface area contributed by atoms with Gasteiger partial charge in [0.05, 0.1) is 12.0 Å². The number of nitrogens with one attached hydrogen (secondary N) is 2. The summed E-state index contributed by atoms with van der Waals surface area (Å²) in [5.41, 5.74) is 0.838. The molecule has 2 aromatic carbocycles. The van der Waals surface area contributed by atoms with Gasteiger partial charge in [-0.25, -0.2) is 8.42 Å². The van der Waals surface area contributed by atoms with Gasteiger partial charge in [0, 0.05) is 17.3 Å². The van der Waals surface area contributed by atoms with Crippen molar-refractivity contribution in [3.8, 4) is 5.75 Å². The number of benzene rings is 2. The summed E-state index contributed by atoms with van der Waals surface area (Å²) in [4.78, 5) is 12.0. The predicted octanol–water partition coefficient (Wildman–Crippen LogP) is 2.63. The zero-order valence-electron chi connectivity index (χ0n) is 13.7. The minimum atomic E-state index is -3.72. The van der Waals surface area contributed by atoms with Crippen LogP contribution in [0.25, 0.3) is 0 Å². The van der Waals surface area contributed by atoms with E-state index in [4.69, 9.17) is 4.74 Å². The second-order valence-corrected chi connectivity index (χ2v) is 7.17. The Kier molecular flexibility index (Phi) is 5.46. The molecule has 0 saturated carbocycles. The summed E-state index contributed by atoms with van der Waals surface area (Å²) >= 11 is 0. The van der Waals surface area contributed by atoms with Gasteiger partial charge in [0.15, 0.2) is 0 Å². The van der Waals surface area contributed by atoms with Crippen molar-refractivity contribution in [2.45, 2.75) is 24.8 Å². The first-order valence-electron chi connectivity index (χ1n) is 7.39. The molecule has 1 amide bonds. The molecule has 0 fully saturated rings. The Labute approximate surface area is 141 Å². The number of hydrogen-bond donors (Lipinski definition) is 2. The molecule has 0 atom stereocenters. The number of amides is 1. The van der Waals surface area contributed by atoms with Crippen molar-refractivity contribution in [2.75, 3.05) is 11.8 Å². The van der Waals surface area contributed by atoms with Crippen LogP contribution in [0.1, 0.15) is 24.2 Å². The smallest absolute Gasteiger partial charge is 0.261 e. The van der Waals surface area contributed by atoms with Crippen LogP contribution in [0.15, 0.2) is 53.4 Å². The zero-order valence-corrected chi connectivity index (χ0v) is 14.6. The Morgan fingerprint density at radius 3 is 2.08 bits per heavy atom. The van der Waals surface area contributed by atoms with E-state index >= 15 is 0 Å². The number of hydrogen-bond acceptors (Lipinski definition) is 4. The molecule has 2 rings (SSSR count). The fraction of sp³-hybridized carbons (Fsp3) is 0.235. The Balaban J connectivity index is 2.15. The normalized spacial score (nSPS) is 11.2. The topological polar surface area (TPSA) is 84.5 Å². The van der Waals surface area contributed by atoms with Crippen molar-refractivity contribution < 1.29 is 17.9 Å². The minimum Gasteiger partial charge on any atom is -0.497 e. The number of rotatable bonds is 6. The first-order valence-corrected chi connectivity index (χ1v) is 8.88. The lowest BCUT2D eigenvalue weighted by Gasteiger charge is -2.10. The summed E-state index contributed by atoms with van der Waals surface area (Å²) < 4.78 is 32.3. The van der Waals surface area contributed by atoms with Gasteiger partial charge in [-0.1, -0.05) is 0 Å². The van der Waals surface area contributed by atoms with E-state index in [-0.39, 0.29) is 16.8 Å². The maximum atomic E-state index is 12.4. The largest absolute Gasteiger partial charge is 0.497 e. The maximum Gasteiger partial charge on any atom is 0.261 e. The second kappa shape index (κ2) is 7.35. The van der Waals surface area contributed by atoms with E-state index < -0.39 is 10.0 Å². The van der Waals surface area contributed by atoms with Crippen molar-refractivity contribution >= 4 is 21.6 Å². The average molecular weight is 348 g/mol. The summed E-state index contributed by atoms with van der Waals surface area (Å²) in [5, 5.41) is 2.75. The van der Waals surface area contributed by atoms with Crippen LogP contribution >= 0.6 is 0 Å². The molecule has 0 aliphatic rings. The standard InChI is InChI=1S/C17H20N2O4S/c1-12(2)18-17(20)13-4-10-16(11-5-13)24(21,22)19-14-6-8-15(23-3)9-7-14/h4-12,19H,1-3H3,(H,18,20). The number of carbonyl (C=O) groups excluding carboxylic acids is 1. The first-order chi connectivity index (χ1) is 11.3. The molecule has 0 aliphatic carbocycles. The molecule has 7 heteroatoms. The minimum absolute atomic E-state index is 0.0117. The predicted molar refractivity (Wildman–Crippen MR) is 92.8 cm³/mol. The molecule has 0 bridgehead atoms. The lowest BCUT2D eigenvalue weighted by atomic mass is 10.2. The van der Waals surface area contributed by atoms with Crippen LogP contribution in [-0.4, -0.2) is 27.5 Å². The number of sulfonamides is 1. The van der Waals surface area contributed by atoms with E-state index in [0.717, 1.165) is 0 Å². The van der Waals surface area contributed by atoms with E-state index in [0.29, 0.717) is 17.0 Å². The number of methoxy groups -OCH3 is 1. The van der Waals surface area contributed by atoms with Crippen molar-refractivity contribution in [3.05, 3.63) is 54.1 Å². The molecule has 2 aromatic rings. The van der Waals surface area contributed by atoms with Gasteiger partial charge in [-0.15, -0.1) is 0 Å². The average Bonchev–Trinajstić information content (AvgIpc) is 2.55.